The van der Waals surface area contributed by atoms with E-state index in [9.17, 15) is 9.59 Å². The Morgan fingerprint density at radius 3 is 2.05 bits per heavy atom. The maximum Gasteiger partial charge on any atom is 0.326 e. The van der Waals surface area contributed by atoms with Crippen molar-refractivity contribution in [3.63, 3.8) is 0 Å². The predicted octanol–water partition coefficient (Wildman–Crippen LogP) is 1.08. The molecule has 1 aliphatic rings. The van der Waals surface area contributed by atoms with Crippen LogP contribution in [-0.2, 0) is 4.79 Å². The van der Waals surface area contributed by atoms with Crippen molar-refractivity contribution in [2.24, 2.45) is 11.8 Å². The Bertz CT molecular complexity index is 337. The van der Waals surface area contributed by atoms with E-state index in [-0.39, 0.29) is 11.9 Å². The maximum atomic E-state index is 12.1. The third-order valence-electron chi connectivity index (χ3n) is 3.49. The van der Waals surface area contributed by atoms with Gasteiger partial charge >= 0.3 is 12.0 Å². The first-order valence-corrected chi connectivity index (χ1v) is 7.31. The molecule has 1 aliphatic heterocycles. The number of carbonyl (C=O) groups is 2. The van der Waals surface area contributed by atoms with Gasteiger partial charge in [0.1, 0.15) is 6.04 Å². The summed E-state index contributed by atoms with van der Waals surface area (Å²) in [7, 11) is 0. The summed E-state index contributed by atoms with van der Waals surface area (Å²) < 4.78 is 0. The number of carbonyl (C=O) groups excluding carboxylic acids is 1. The summed E-state index contributed by atoms with van der Waals surface area (Å²) in [5.41, 5.74) is 0. The van der Waals surface area contributed by atoms with Gasteiger partial charge in [0.05, 0.1) is 0 Å². The monoisotopic (exact) mass is 285 g/mol. The maximum absolute atomic E-state index is 12.1. The first kappa shape index (κ1) is 16.8. The summed E-state index contributed by atoms with van der Waals surface area (Å²) in [6.45, 7) is 12.0. The molecule has 0 aromatic carbocycles. The second-order valence-electron chi connectivity index (χ2n) is 6.19. The molecule has 0 bridgehead atoms. The number of carboxylic acid groups (broad SMARTS) is 1. The molecule has 0 spiro atoms. The lowest BCUT2D eigenvalue weighted by Crippen LogP contribution is -2.55. The molecule has 1 saturated heterocycles. The molecule has 116 valence electrons. The normalized spacial score (nSPS) is 18.4. The number of piperazine rings is 1. The van der Waals surface area contributed by atoms with Crippen molar-refractivity contribution in [1.82, 2.24) is 15.1 Å². The van der Waals surface area contributed by atoms with Gasteiger partial charge in [-0.1, -0.05) is 27.7 Å². The van der Waals surface area contributed by atoms with E-state index >= 15 is 0 Å². The number of hydrogen-bond acceptors (Lipinski definition) is 3. The third-order valence-corrected chi connectivity index (χ3v) is 3.49. The highest BCUT2D eigenvalue weighted by atomic mass is 16.4. The Kier molecular flexibility index (Phi) is 6.26. The van der Waals surface area contributed by atoms with Crippen LogP contribution in [-0.4, -0.2) is 65.7 Å². The van der Waals surface area contributed by atoms with Crippen LogP contribution in [0.1, 0.15) is 27.7 Å². The minimum absolute atomic E-state index is 0.126. The van der Waals surface area contributed by atoms with E-state index in [1.807, 2.05) is 0 Å². The van der Waals surface area contributed by atoms with E-state index in [1.165, 1.54) is 0 Å². The fourth-order valence-electron chi connectivity index (χ4n) is 2.39. The number of carboxylic acids is 1. The van der Waals surface area contributed by atoms with E-state index in [4.69, 9.17) is 5.11 Å². The molecule has 20 heavy (non-hydrogen) atoms. The van der Waals surface area contributed by atoms with E-state index in [1.54, 1.807) is 18.7 Å². The number of urea groups is 1. The van der Waals surface area contributed by atoms with Crippen molar-refractivity contribution in [1.29, 1.82) is 0 Å². The molecule has 0 aliphatic carbocycles. The summed E-state index contributed by atoms with van der Waals surface area (Å²) >= 11 is 0. The van der Waals surface area contributed by atoms with Crippen LogP contribution >= 0.6 is 0 Å². The van der Waals surface area contributed by atoms with Gasteiger partial charge in [-0.3, -0.25) is 4.90 Å². The quantitative estimate of drug-likeness (QED) is 0.793. The standard InChI is InChI=1S/C14H27N3O3/c1-10(2)9-16-5-7-17(8-6-16)14(20)15-12(11(3)4)13(18)19/h10-12H,5-9H2,1-4H3,(H,15,20)(H,18,19). The molecule has 6 nitrogen and oxygen atoms in total. The molecule has 1 atom stereocenters. The van der Waals surface area contributed by atoms with Crippen molar-refractivity contribution < 1.29 is 14.7 Å². The number of nitrogens with one attached hydrogen (secondary N) is 1. The lowest BCUT2D eigenvalue weighted by molar-refractivity contribution is -0.140. The molecular formula is C14H27N3O3. The van der Waals surface area contributed by atoms with Gasteiger partial charge in [0, 0.05) is 32.7 Å². The molecular weight excluding hydrogens is 258 g/mol. The molecule has 1 unspecified atom stereocenters. The molecule has 0 saturated carbocycles. The molecule has 0 aromatic rings. The molecule has 1 heterocycles. The molecule has 6 heteroatoms. The Morgan fingerprint density at radius 2 is 1.65 bits per heavy atom. The van der Waals surface area contributed by atoms with Gasteiger partial charge in [-0.25, -0.2) is 9.59 Å². The van der Waals surface area contributed by atoms with Gasteiger partial charge in [0.15, 0.2) is 0 Å². The highest BCUT2D eigenvalue weighted by Gasteiger charge is 2.27. The van der Waals surface area contributed by atoms with Gasteiger partial charge in [-0.2, -0.15) is 0 Å². The van der Waals surface area contributed by atoms with Crippen LogP contribution in [0.25, 0.3) is 0 Å². The van der Waals surface area contributed by atoms with Crippen molar-refractivity contribution >= 4 is 12.0 Å². The average molecular weight is 285 g/mol. The Balaban J connectivity index is 2.44. The molecule has 0 radical (unpaired) electrons. The highest BCUT2D eigenvalue weighted by molar-refractivity contribution is 5.82. The van der Waals surface area contributed by atoms with Crippen LogP contribution in [0.2, 0.25) is 0 Å². The average Bonchev–Trinajstić information content (AvgIpc) is 2.35. The van der Waals surface area contributed by atoms with Crippen LogP contribution < -0.4 is 5.32 Å². The topological polar surface area (TPSA) is 72.9 Å². The first-order chi connectivity index (χ1) is 9.31. The fraction of sp³-hybridized carbons (Fsp3) is 0.857. The smallest absolute Gasteiger partial charge is 0.326 e. The van der Waals surface area contributed by atoms with Crippen LogP contribution in [0.15, 0.2) is 0 Å². The summed E-state index contributed by atoms with van der Waals surface area (Å²) in [6.07, 6.45) is 0. The third kappa shape index (κ3) is 5.00. The fourth-order valence-corrected chi connectivity index (χ4v) is 2.39. The Hall–Kier alpha value is -1.30. The second kappa shape index (κ2) is 7.47. The minimum Gasteiger partial charge on any atom is -0.480 e. The lowest BCUT2D eigenvalue weighted by Gasteiger charge is -2.36. The zero-order valence-electron chi connectivity index (χ0n) is 12.9. The van der Waals surface area contributed by atoms with Crippen LogP contribution in [0.3, 0.4) is 0 Å². The SMILES string of the molecule is CC(C)CN1CCN(C(=O)NC(C(=O)O)C(C)C)CC1. The van der Waals surface area contributed by atoms with Crippen molar-refractivity contribution in [3.05, 3.63) is 0 Å². The van der Waals surface area contributed by atoms with Gasteiger partial charge in [0.2, 0.25) is 0 Å². The first-order valence-electron chi connectivity index (χ1n) is 7.31. The van der Waals surface area contributed by atoms with Crippen LogP contribution in [0.5, 0.6) is 0 Å². The minimum atomic E-state index is -0.980. The number of hydrogen-bond donors (Lipinski definition) is 2. The van der Waals surface area contributed by atoms with E-state index in [2.05, 4.69) is 24.1 Å². The Morgan fingerprint density at radius 1 is 1.10 bits per heavy atom. The van der Waals surface area contributed by atoms with E-state index in [0.717, 1.165) is 19.6 Å². The number of nitrogens with zero attached hydrogens (tertiary/aromatic N) is 2. The molecule has 1 rings (SSSR count). The van der Waals surface area contributed by atoms with Gasteiger partial charge in [-0.15, -0.1) is 0 Å². The zero-order valence-corrected chi connectivity index (χ0v) is 12.9. The van der Waals surface area contributed by atoms with Crippen molar-refractivity contribution in [3.8, 4) is 0 Å². The van der Waals surface area contributed by atoms with Crippen LogP contribution in [0.4, 0.5) is 4.79 Å². The molecule has 0 aromatic heterocycles. The summed E-state index contributed by atoms with van der Waals surface area (Å²) in [5, 5.41) is 11.7. The van der Waals surface area contributed by atoms with E-state index < -0.39 is 12.0 Å². The Labute approximate surface area is 121 Å². The van der Waals surface area contributed by atoms with Crippen molar-refractivity contribution in [2.75, 3.05) is 32.7 Å². The zero-order chi connectivity index (χ0) is 15.3. The van der Waals surface area contributed by atoms with Gasteiger partial charge < -0.3 is 15.3 Å². The highest BCUT2D eigenvalue weighted by Crippen LogP contribution is 2.07. The summed E-state index contributed by atoms with van der Waals surface area (Å²) in [4.78, 5) is 27.2. The van der Waals surface area contributed by atoms with E-state index in [0.29, 0.717) is 19.0 Å². The summed E-state index contributed by atoms with van der Waals surface area (Å²) in [5.74, 6) is -0.488. The summed E-state index contributed by atoms with van der Waals surface area (Å²) in [6, 6.07) is -1.09. The predicted molar refractivity (Wildman–Crippen MR) is 77.6 cm³/mol. The van der Waals surface area contributed by atoms with Gasteiger partial charge in [-0.05, 0) is 11.8 Å². The van der Waals surface area contributed by atoms with Crippen LogP contribution in [0, 0.1) is 11.8 Å². The molecule has 1 fully saturated rings. The largest absolute Gasteiger partial charge is 0.480 e. The molecule has 2 amide bonds. The number of aliphatic carboxylic acids is 1. The number of amides is 2. The lowest BCUT2D eigenvalue weighted by atomic mass is 10.1. The van der Waals surface area contributed by atoms with Gasteiger partial charge in [0.25, 0.3) is 0 Å². The second-order valence-corrected chi connectivity index (χ2v) is 6.19. The molecule has 2 N–H and O–H groups in total. The van der Waals surface area contributed by atoms with Crippen molar-refractivity contribution in [2.45, 2.75) is 33.7 Å². The number of rotatable bonds is 5.